The van der Waals surface area contributed by atoms with Crippen LogP contribution < -0.4 is 10.6 Å². The van der Waals surface area contributed by atoms with Crippen LogP contribution >= 0.6 is 11.6 Å². The topological polar surface area (TPSA) is 76.0 Å². The van der Waals surface area contributed by atoms with Gasteiger partial charge in [-0.3, -0.25) is 9.59 Å². The molecule has 1 heterocycles. The molecule has 30 heavy (non-hydrogen) atoms. The average molecular weight is 421 g/mol. The molecule has 7 heteroatoms. The number of aromatic nitrogens is 2. The second-order valence-corrected chi connectivity index (χ2v) is 7.25. The molecule has 4 aromatic rings. The number of imidazole rings is 1. The van der Waals surface area contributed by atoms with Crippen molar-refractivity contribution >= 4 is 50.9 Å². The number of rotatable bonds is 6. The van der Waals surface area contributed by atoms with Crippen LogP contribution in [0, 0.1) is 0 Å². The standard InChI is InChI=1S/C23H21ClN4O2/c1-2-28-20-11-10-16(14-19(20)27-23(28)24)22(30)25-13-12-21(29)26-18-9-5-7-15-6-3-4-8-17(15)18/h3-11,14H,2,12-13H2,1H3,(H,25,30)(H,26,29). The summed E-state index contributed by atoms with van der Waals surface area (Å²) in [6, 6.07) is 18.9. The number of hydrogen-bond acceptors (Lipinski definition) is 3. The average Bonchev–Trinajstić information content (AvgIpc) is 3.08. The fourth-order valence-electron chi connectivity index (χ4n) is 3.48. The first-order valence-electron chi connectivity index (χ1n) is 9.78. The second kappa shape index (κ2) is 8.55. The minimum Gasteiger partial charge on any atom is -0.352 e. The predicted octanol–water partition coefficient (Wildman–Crippen LogP) is 4.62. The van der Waals surface area contributed by atoms with Crippen LogP contribution in [0.2, 0.25) is 5.28 Å². The normalized spacial score (nSPS) is 11.0. The van der Waals surface area contributed by atoms with E-state index in [1.165, 1.54) is 0 Å². The first-order valence-corrected chi connectivity index (χ1v) is 10.2. The van der Waals surface area contributed by atoms with Gasteiger partial charge in [0.2, 0.25) is 11.2 Å². The van der Waals surface area contributed by atoms with Gasteiger partial charge in [-0.2, -0.15) is 0 Å². The summed E-state index contributed by atoms with van der Waals surface area (Å²) >= 11 is 6.13. The van der Waals surface area contributed by atoms with Gasteiger partial charge in [-0.25, -0.2) is 4.98 Å². The van der Waals surface area contributed by atoms with Crippen molar-refractivity contribution < 1.29 is 9.59 Å². The molecule has 6 nitrogen and oxygen atoms in total. The van der Waals surface area contributed by atoms with Crippen LogP contribution in [-0.2, 0) is 11.3 Å². The van der Waals surface area contributed by atoms with Gasteiger partial charge in [-0.05, 0) is 48.2 Å². The van der Waals surface area contributed by atoms with E-state index in [9.17, 15) is 9.59 Å². The highest BCUT2D eigenvalue weighted by molar-refractivity contribution is 6.29. The molecule has 0 aliphatic rings. The van der Waals surface area contributed by atoms with E-state index in [0.717, 1.165) is 22.0 Å². The number of carbonyl (C=O) groups is 2. The Hall–Kier alpha value is -3.38. The number of nitrogens with one attached hydrogen (secondary N) is 2. The number of benzene rings is 3. The number of nitrogens with zero attached hydrogens (tertiary/aromatic N) is 2. The molecule has 2 N–H and O–H groups in total. The molecule has 152 valence electrons. The second-order valence-electron chi connectivity index (χ2n) is 6.91. The molecule has 0 saturated heterocycles. The zero-order valence-corrected chi connectivity index (χ0v) is 17.2. The highest BCUT2D eigenvalue weighted by Crippen LogP contribution is 2.23. The Morgan fingerprint density at radius 1 is 1.07 bits per heavy atom. The number of anilines is 1. The van der Waals surface area contributed by atoms with E-state index in [1.807, 2.05) is 60.0 Å². The lowest BCUT2D eigenvalue weighted by molar-refractivity contribution is -0.116. The molecule has 0 aliphatic heterocycles. The van der Waals surface area contributed by atoms with E-state index in [2.05, 4.69) is 15.6 Å². The van der Waals surface area contributed by atoms with Gasteiger partial charge in [0.05, 0.1) is 11.0 Å². The third-order valence-electron chi connectivity index (χ3n) is 4.98. The highest BCUT2D eigenvalue weighted by Gasteiger charge is 2.12. The molecular weight excluding hydrogens is 400 g/mol. The molecule has 0 aliphatic carbocycles. The van der Waals surface area contributed by atoms with Crippen LogP contribution in [0.3, 0.4) is 0 Å². The Labute approximate surface area is 178 Å². The van der Waals surface area contributed by atoms with Crippen LogP contribution in [0.25, 0.3) is 21.8 Å². The lowest BCUT2D eigenvalue weighted by Crippen LogP contribution is -2.27. The number of hydrogen-bond donors (Lipinski definition) is 2. The summed E-state index contributed by atoms with van der Waals surface area (Å²) in [6.45, 7) is 2.92. The summed E-state index contributed by atoms with van der Waals surface area (Å²) in [5.41, 5.74) is 2.80. The van der Waals surface area contributed by atoms with E-state index in [0.29, 0.717) is 22.9 Å². The van der Waals surface area contributed by atoms with Crippen molar-refractivity contribution in [2.45, 2.75) is 19.9 Å². The van der Waals surface area contributed by atoms with E-state index >= 15 is 0 Å². The monoisotopic (exact) mass is 420 g/mol. The summed E-state index contributed by atoms with van der Waals surface area (Å²) in [6.07, 6.45) is 0.174. The fraction of sp³-hybridized carbons (Fsp3) is 0.174. The maximum Gasteiger partial charge on any atom is 0.251 e. The fourth-order valence-corrected chi connectivity index (χ4v) is 3.78. The van der Waals surface area contributed by atoms with Gasteiger partial charge >= 0.3 is 0 Å². The minimum atomic E-state index is -0.253. The predicted molar refractivity (Wildman–Crippen MR) is 120 cm³/mol. The Bertz CT molecular complexity index is 1240. The SMILES string of the molecule is CCn1c(Cl)nc2cc(C(=O)NCCC(=O)Nc3cccc4ccccc34)ccc21. The Balaban J connectivity index is 1.36. The van der Waals surface area contributed by atoms with Gasteiger partial charge in [0, 0.05) is 36.1 Å². The van der Waals surface area contributed by atoms with Crippen LogP contribution in [0.15, 0.2) is 60.7 Å². The molecule has 0 unspecified atom stereocenters. The number of halogens is 1. The Morgan fingerprint density at radius 3 is 2.70 bits per heavy atom. The summed E-state index contributed by atoms with van der Waals surface area (Å²) in [5, 5.41) is 8.15. The first-order chi connectivity index (χ1) is 14.6. The number of fused-ring (bicyclic) bond motifs is 2. The lowest BCUT2D eigenvalue weighted by Gasteiger charge is -2.09. The van der Waals surface area contributed by atoms with Gasteiger partial charge in [0.15, 0.2) is 0 Å². The van der Waals surface area contributed by atoms with Crippen molar-refractivity contribution in [1.82, 2.24) is 14.9 Å². The summed E-state index contributed by atoms with van der Waals surface area (Å²) in [7, 11) is 0. The van der Waals surface area contributed by atoms with E-state index < -0.39 is 0 Å². The van der Waals surface area contributed by atoms with Crippen molar-refractivity contribution in [3.8, 4) is 0 Å². The smallest absolute Gasteiger partial charge is 0.251 e. The quantitative estimate of drug-likeness (QED) is 0.477. The van der Waals surface area contributed by atoms with Crippen LogP contribution in [-0.4, -0.2) is 27.9 Å². The van der Waals surface area contributed by atoms with E-state index in [1.54, 1.807) is 12.1 Å². The molecule has 0 spiro atoms. The molecule has 0 fully saturated rings. The molecule has 4 rings (SSSR count). The maximum atomic E-state index is 12.5. The largest absolute Gasteiger partial charge is 0.352 e. The molecular formula is C23H21ClN4O2. The number of carbonyl (C=O) groups excluding carboxylic acids is 2. The maximum absolute atomic E-state index is 12.5. The van der Waals surface area contributed by atoms with Gasteiger partial charge in [-0.15, -0.1) is 0 Å². The molecule has 2 amide bonds. The van der Waals surface area contributed by atoms with Gasteiger partial charge < -0.3 is 15.2 Å². The van der Waals surface area contributed by atoms with E-state index in [4.69, 9.17) is 11.6 Å². The van der Waals surface area contributed by atoms with Crippen molar-refractivity contribution in [2.24, 2.45) is 0 Å². The Kier molecular flexibility index (Phi) is 5.68. The molecule has 1 aromatic heterocycles. The Morgan fingerprint density at radius 2 is 1.87 bits per heavy atom. The summed E-state index contributed by atoms with van der Waals surface area (Å²) in [5.74, 6) is -0.410. The molecule has 0 atom stereocenters. The zero-order valence-electron chi connectivity index (χ0n) is 16.5. The van der Waals surface area contributed by atoms with Crippen LogP contribution in [0.1, 0.15) is 23.7 Å². The number of amides is 2. The first kappa shape index (κ1) is 19.9. The summed E-state index contributed by atoms with van der Waals surface area (Å²) in [4.78, 5) is 29.1. The van der Waals surface area contributed by atoms with Gasteiger partial charge in [0.1, 0.15) is 0 Å². The van der Waals surface area contributed by atoms with Crippen LogP contribution in [0.5, 0.6) is 0 Å². The van der Waals surface area contributed by atoms with Crippen molar-refractivity contribution in [1.29, 1.82) is 0 Å². The third kappa shape index (κ3) is 4.00. The van der Waals surface area contributed by atoms with Gasteiger partial charge in [0.25, 0.3) is 5.91 Å². The lowest BCUT2D eigenvalue weighted by atomic mass is 10.1. The van der Waals surface area contributed by atoms with Crippen molar-refractivity contribution in [3.05, 3.63) is 71.5 Å². The third-order valence-corrected chi connectivity index (χ3v) is 5.27. The van der Waals surface area contributed by atoms with Crippen molar-refractivity contribution in [3.63, 3.8) is 0 Å². The highest BCUT2D eigenvalue weighted by atomic mass is 35.5. The summed E-state index contributed by atoms with van der Waals surface area (Å²) < 4.78 is 1.87. The van der Waals surface area contributed by atoms with Crippen LogP contribution in [0.4, 0.5) is 5.69 Å². The molecule has 0 bridgehead atoms. The minimum absolute atomic E-state index is 0.157. The van der Waals surface area contributed by atoms with E-state index in [-0.39, 0.29) is 24.8 Å². The molecule has 0 saturated carbocycles. The van der Waals surface area contributed by atoms with Gasteiger partial charge in [-0.1, -0.05) is 36.4 Å². The number of aryl methyl sites for hydroxylation is 1. The zero-order chi connectivity index (χ0) is 21.1. The van der Waals surface area contributed by atoms with Crippen molar-refractivity contribution in [2.75, 3.05) is 11.9 Å². The molecule has 0 radical (unpaired) electrons. The molecule has 3 aromatic carbocycles.